The van der Waals surface area contributed by atoms with Crippen molar-refractivity contribution < 1.29 is 18.7 Å². The van der Waals surface area contributed by atoms with Gasteiger partial charge in [0.25, 0.3) is 5.91 Å². The van der Waals surface area contributed by atoms with Gasteiger partial charge < -0.3 is 9.30 Å². The number of amides is 1. The van der Waals surface area contributed by atoms with E-state index >= 15 is 0 Å². The summed E-state index contributed by atoms with van der Waals surface area (Å²) in [6.07, 6.45) is 3.00. The predicted octanol–water partition coefficient (Wildman–Crippen LogP) is 3.22. The van der Waals surface area contributed by atoms with Crippen LogP contribution >= 0.6 is 22.7 Å². The maximum absolute atomic E-state index is 14.2. The van der Waals surface area contributed by atoms with Gasteiger partial charge in [0.15, 0.2) is 4.80 Å². The summed E-state index contributed by atoms with van der Waals surface area (Å²) in [5, 5.41) is 1.90. The molecule has 0 unspecified atom stereocenters. The normalized spacial score (nSPS) is 12.2. The SMILES string of the molecule is COC(=O)Cn1c(=NC(=O)C=Cc2cccs2)sc2cccc(F)c21. The van der Waals surface area contributed by atoms with E-state index in [9.17, 15) is 14.0 Å². The molecule has 3 aromatic rings. The summed E-state index contributed by atoms with van der Waals surface area (Å²) in [7, 11) is 1.25. The molecule has 0 spiro atoms. The number of hydrogen-bond donors (Lipinski definition) is 0. The number of methoxy groups -OCH3 is 1. The highest BCUT2D eigenvalue weighted by atomic mass is 32.1. The summed E-state index contributed by atoms with van der Waals surface area (Å²) in [5.41, 5.74) is 0.228. The fourth-order valence-electron chi connectivity index (χ4n) is 2.18. The van der Waals surface area contributed by atoms with Gasteiger partial charge in [-0.05, 0) is 29.7 Å². The number of nitrogens with zero attached hydrogens (tertiary/aromatic N) is 2. The smallest absolute Gasteiger partial charge is 0.325 e. The molecule has 0 radical (unpaired) electrons. The number of rotatable bonds is 4. The van der Waals surface area contributed by atoms with E-state index < -0.39 is 17.7 Å². The minimum absolute atomic E-state index is 0.224. The average Bonchev–Trinajstić information content (AvgIpc) is 3.22. The Hall–Kier alpha value is -2.58. The molecule has 0 saturated carbocycles. The lowest BCUT2D eigenvalue weighted by Gasteiger charge is -2.03. The molecule has 0 aliphatic carbocycles. The summed E-state index contributed by atoms with van der Waals surface area (Å²) < 4.78 is 20.8. The highest BCUT2D eigenvalue weighted by molar-refractivity contribution is 7.16. The monoisotopic (exact) mass is 376 g/mol. The van der Waals surface area contributed by atoms with Crippen molar-refractivity contribution in [1.82, 2.24) is 4.57 Å². The Bertz CT molecular complexity index is 1020. The van der Waals surface area contributed by atoms with Gasteiger partial charge in [-0.25, -0.2) is 4.39 Å². The Kier molecular flexibility index (Phi) is 5.20. The number of benzene rings is 1. The van der Waals surface area contributed by atoms with Crippen LogP contribution in [0.1, 0.15) is 4.88 Å². The summed E-state index contributed by atoms with van der Waals surface area (Å²) >= 11 is 2.64. The Balaban J connectivity index is 2.05. The molecule has 0 atom stereocenters. The Labute approximate surface area is 150 Å². The maximum Gasteiger partial charge on any atom is 0.325 e. The lowest BCUT2D eigenvalue weighted by Crippen LogP contribution is -2.22. The molecule has 5 nitrogen and oxygen atoms in total. The summed E-state index contributed by atoms with van der Waals surface area (Å²) in [4.78, 5) is 28.9. The van der Waals surface area contributed by atoms with Crippen molar-refractivity contribution in [2.75, 3.05) is 7.11 Å². The molecule has 0 N–H and O–H groups in total. The standard InChI is InChI=1S/C17H13FN2O3S2/c1-23-15(22)10-20-16-12(18)5-2-6-13(16)25-17(20)19-14(21)8-7-11-4-3-9-24-11/h2-9H,10H2,1H3. The van der Waals surface area contributed by atoms with E-state index in [1.54, 1.807) is 18.2 Å². The minimum atomic E-state index is -0.550. The van der Waals surface area contributed by atoms with Gasteiger partial charge >= 0.3 is 5.97 Å². The Morgan fingerprint density at radius 3 is 2.88 bits per heavy atom. The number of esters is 1. The van der Waals surface area contributed by atoms with Gasteiger partial charge in [0.1, 0.15) is 12.4 Å². The molecule has 0 aliphatic heterocycles. The number of halogens is 1. The van der Waals surface area contributed by atoms with Crippen molar-refractivity contribution >= 4 is 50.8 Å². The maximum atomic E-state index is 14.2. The first-order chi connectivity index (χ1) is 12.1. The molecule has 2 heterocycles. The van der Waals surface area contributed by atoms with Crippen LogP contribution in [-0.4, -0.2) is 23.6 Å². The number of thiophene rings is 1. The van der Waals surface area contributed by atoms with Crippen molar-refractivity contribution in [3.8, 4) is 0 Å². The minimum Gasteiger partial charge on any atom is -0.468 e. The molecule has 128 valence electrons. The van der Waals surface area contributed by atoms with E-state index in [1.165, 1.54) is 35.2 Å². The first kappa shape index (κ1) is 17.2. The van der Waals surface area contributed by atoms with Crippen molar-refractivity contribution in [1.29, 1.82) is 0 Å². The quantitative estimate of drug-likeness (QED) is 0.519. The van der Waals surface area contributed by atoms with Crippen LogP contribution < -0.4 is 4.80 Å². The lowest BCUT2D eigenvalue weighted by atomic mass is 10.3. The van der Waals surface area contributed by atoms with Gasteiger partial charge in [-0.1, -0.05) is 23.5 Å². The van der Waals surface area contributed by atoms with Gasteiger partial charge in [-0.15, -0.1) is 11.3 Å². The topological polar surface area (TPSA) is 60.7 Å². The molecule has 8 heteroatoms. The van der Waals surface area contributed by atoms with Crippen LogP contribution in [0.5, 0.6) is 0 Å². The summed E-state index contributed by atoms with van der Waals surface area (Å²) in [5.74, 6) is -1.52. The third-order valence-electron chi connectivity index (χ3n) is 3.31. The van der Waals surface area contributed by atoms with Crippen molar-refractivity contribution in [2.24, 2.45) is 4.99 Å². The first-order valence-electron chi connectivity index (χ1n) is 7.23. The zero-order valence-corrected chi connectivity index (χ0v) is 14.8. The second kappa shape index (κ2) is 7.54. The van der Waals surface area contributed by atoms with Crippen molar-refractivity contribution in [2.45, 2.75) is 6.54 Å². The van der Waals surface area contributed by atoms with Crippen LogP contribution in [-0.2, 0) is 20.9 Å². The van der Waals surface area contributed by atoms with Crippen molar-refractivity contribution in [3.05, 3.63) is 57.3 Å². The van der Waals surface area contributed by atoms with E-state index in [1.807, 2.05) is 17.5 Å². The Morgan fingerprint density at radius 1 is 1.32 bits per heavy atom. The highest BCUT2D eigenvalue weighted by Gasteiger charge is 2.14. The fraction of sp³-hybridized carbons (Fsp3) is 0.118. The molecule has 0 fully saturated rings. The van der Waals surface area contributed by atoms with Gasteiger partial charge in [0.05, 0.1) is 17.3 Å². The lowest BCUT2D eigenvalue weighted by molar-refractivity contribution is -0.141. The van der Waals surface area contributed by atoms with E-state index in [-0.39, 0.29) is 16.9 Å². The Morgan fingerprint density at radius 2 is 2.16 bits per heavy atom. The van der Waals surface area contributed by atoms with Crippen molar-refractivity contribution in [3.63, 3.8) is 0 Å². The van der Waals surface area contributed by atoms with E-state index in [0.29, 0.717) is 4.70 Å². The number of para-hydroxylation sites is 1. The number of fused-ring (bicyclic) bond motifs is 1. The third-order valence-corrected chi connectivity index (χ3v) is 5.19. The molecule has 3 rings (SSSR count). The largest absolute Gasteiger partial charge is 0.468 e. The number of aromatic nitrogens is 1. The fourth-order valence-corrected chi connectivity index (χ4v) is 3.85. The second-order valence-electron chi connectivity index (χ2n) is 4.93. The molecule has 2 aromatic heterocycles. The first-order valence-corrected chi connectivity index (χ1v) is 8.93. The summed E-state index contributed by atoms with van der Waals surface area (Å²) in [6.45, 7) is -0.224. The number of ether oxygens (including phenoxy) is 1. The number of thiazole rings is 1. The van der Waals surface area contributed by atoms with Gasteiger partial charge in [-0.3, -0.25) is 9.59 Å². The zero-order valence-electron chi connectivity index (χ0n) is 13.1. The summed E-state index contributed by atoms with van der Waals surface area (Å²) in [6, 6.07) is 8.33. The second-order valence-corrected chi connectivity index (χ2v) is 6.92. The molecule has 0 saturated heterocycles. The van der Waals surface area contributed by atoms with Crippen LogP contribution in [0.15, 0.2) is 46.8 Å². The zero-order chi connectivity index (χ0) is 17.8. The van der Waals surface area contributed by atoms with Crippen LogP contribution in [0.4, 0.5) is 4.39 Å². The van der Waals surface area contributed by atoms with E-state index in [4.69, 9.17) is 0 Å². The molecular formula is C17H13FN2O3S2. The molecule has 25 heavy (non-hydrogen) atoms. The molecule has 0 bridgehead atoms. The molecule has 1 aromatic carbocycles. The number of carbonyl (C=O) groups is 2. The van der Waals surface area contributed by atoms with Crippen LogP contribution in [0.2, 0.25) is 0 Å². The average molecular weight is 376 g/mol. The predicted molar refractivity (Wildman–Crippen MR) is 95.7 cm³/mol. The van der Waals surface area contributed by atoms with Crippen LogP contribution in [0, 0.1) is 5.82 Å². The van der Waals surface area contributed by atoms with Crippen LogP contribution in [0.25, 0.3) is 16.3 Å². The number of hydrogen-bond acceptors (Lipinski definition) is 5. The number of carbonyl (C=O) groups excluding carboxylic acids is 2. The van der Waals surface area contributed by atoms with E-state index in [0.717, 1.165) is 16.2 Å². The van der Waals surface area contributed by atoms with E-state index in [2.05, 4.69) is 9.73 Å². The van der Waals surface area contributed by atoms with Gasteiger partial charge in [-0.2, -0.15) is 4.99 Å². The van der Waals surface area contributed by atoms with Gasteiger partial charge in [0, 0.05) is 11.0 Å². The highest BCUT2D eigenvalue weighted by Crippen LogP contribution is 2.20. The molecular weight excluding hydrogens is 363 g/mol. The van der Waals surface area contributed by atoms with Gasteiger partial charge in [0.2, 0.25) is 0 Å². The molecule has 0 aliphatic rings. The third kappa shape index (κ3) is 3.92. The van der Waals surface area contributed by atoms with Crippen LogP contribution in [0.3, 0.4) is 0 Å². The molecule has 1 amide bonds.